The average Bonchev–Trinajstić information content (AvgIpc) is 2.52. The molecule has 1 aromatic carbocycles. The van der Waals surface area contributed by atoms with E-state index in [0.717, 1.165) is 16.9 Å². The quantitative estimate of drug-likeness (QED) is 0.696. The van der Waals surface area contributed by atoms with Crippen LogP contribution in [0.1, 0.15) is 31.1 Å². The number of anilines is 1. The standard InChI is InChI=1S/C13H15NO/c1-4-9(2)14-10(3)13(15)11-7-5-6-8-12(11)14/h4-8,10H,1-3H3/b9-4+. The van der Waals surface area contributed by atoms with E-state index in [2.05, 4.69) is 4.90 Å². The topological polar surface area (TPSA) is 20.3 Å². The van der Waals surface area contributed by atoms with Gasteiger partial charge in [-0.3, -0.25) is 4.79 Å². The predicted octanol–water partition coefficient (Wildman–Crippen LogP) is 3.00. The van der Waals surface area contributed by atoms with Crippen LogP contribution in [0.5, 0.6) is 0 Å². The van der Waals surface area contributed by atoms with Crippen molar-refractivity contribution in [2.75, 3.05) is 4.90 Å². The number of ketones is 1. The number of rotatable bonds is 1. The van der Waals surface area contributed by atoms with Crippen LogP contribution in [-0.2, 0) is 0 Å². The van der Waals surface area contributed by atoms with Gasteiger partial charge in [0.1, 0.15) is 0 Å². The number of Topliss-reactive ketones (excluding diaryl/α,β-unsaturated/α-hetero) is 1. The SMILES string of the molecule is C/C=C(\C)N1c2ccccc2C(=O)C1C. The molecule has 1 aromatic rings. The monoisotopic (exact) mass is 201 g/mol. The van der Waals surface area contributed by atoms with E-state index in [1.54, 1.807) is 0 Å². The van der Waals surface area contributed by atoms with Gasteiger partial charge in [-0.15, -0.1) is 0 Å². The van der Waals surface area contributed by atoms with Crippen LogP contribution in [0.4, 0.5) is 5.69 Å². The first-order valence-electron chi connectivity index (χ1n) is 5.22. The molecule has 0 amide bonds. The molecule has 1 atom stereocenters. The summed E-state index contributed by atoms with van der Waals surface area (Å²) < 4.78 is 0. The Kier molecular flexibility index (Phi) is 2.35. The van der Waals surface area contributed by atoms with Gasteiger partial charge < -0.3 is 4.90 Å². The van der Waals surface area contributed by atoms with Crippen molar-refractivity contribution in [1.29, 1.82) is 0 Å². The second-order valence-corrected chi connectivity index (χ2v) is 3.86. The van der Waals surface area contributed by atoms with E-state index < -0.39 is 0 Å². The predicted molar refractivity (Wildman–Crippen MR) is 62.1 cm³/mol. The minimum Gasteiger partial charge on any atom is -0.335 e. The van der Waals surface area contributed by atoms with Gasteiger partial charge in [-0.05, 0) is 32.9 Å². The number of carbonyl (C=O) groups is 1. The lowest BCUT2D eigenvalue weighted by Crippen LogP contribution is -2.30. The van der Waals surface area contributed by atoms with Crippen molar-refractivity contribution >= 4 is 11.5 Å². The van der Waals surface area contributed by atoms with Gasteiger partial charge in [-0.25, -0.2) is 0 Å². The highest BCUT2D eigenvalue weighted by Gasteiger charge is 2.33. The number of allylic oxidation sites excluding steroid dienone is 2. The molecule has 1 aliphatic heterocycles. The molecule has 0 aliphatic carbocycles. The summed E-state index contributed by atoms with van der Waals surface area (Å²) in [6.07, 6.45) is 2.03. The number of fused-ring (bicyclic) bond motifs is 1. The lowest BCUT2D eigenvalue weighted by atomic mass is 10.1. The van der Waals surface area contributed by atoms with Crippen LogP contribution in [0.15, 0.2) is 36.0 Å². The maximum Gasteiger partial charge on any atom is 0.187 e. The van der Waals surface area contributed by atoms with E-state index in [1.807, 2.05) is 51.1 Å². The van der Waals surface area contributed by atoms with Crippen LogP contribution in [0.2, 0.25) is 0 Å². The van der Waals surface area contributed by atoms with Crippen LogP contribution >= 0.6 is 0 Å². The normalized spacial score (nSPS) is 20.7. The number of para-hydroxylation sites is 1. The molecule has 2 rings (SSSR count). The van der Waals surface area contributed by atoms with Crippen molar-refractivity contribution in [3.63, 3.8) is 0 Å². The van der Waals surface area contributed by atoms with E-state index in [-0.39, 0.29) is 11.8 Å². The van der Waals surface area contributed by atoms with Crippen molar-refractivity contribution in [3.8, 4) is 0 Å². The number of hydrogen-bond donors (Lipinski definition) is 0. The Labute approximate surface area is 90.2 Å². The number of carbonyl (C=O) groups excluding carboxylic acids is 1. The Bertz CT molecular complexity index is 434. The fourth-order valence-corrected chi connectivity index (χ4v) is 2.08. The van der Waals surface area contributed by atoms with Crippen LogP contribution in [-0.4, -0.2) is 11.8 Å². The minimum atomic E-state index is -0.0707. The average molecular weight is 201 g/mol. The van der Waals surface area contributed by atoms with Gasteiger partial charge in [0, 0.05) is 11.3 Å². The van der Waals surface area contributed by atoms with Gasteiger partial charge >= 0.3 is 0 Å². The third-order valence-electron chi connectivity index (χ3n) is 2.99. The summed E-state index contributed by atoms with van der Waals surface area (Å²) in [6.45, 7) is 5.98. The molecular formula is C13H15NO. The highest BCUT2D eigenvalue weighted by atomic mass is 16.1. The molecule has 0 radical (unpaired) electrons. The largest absolute Gasteiger partial charge is 0.335 e. The van der Waals surface area contributed by atoms with E-state index >= 15 is 0 Å². The number of hydrogen-bond acceptors (Lipinski definition) is 2. The molecule has 0 fully saturated rings. The summed E-state index contributed by atoms with van der Waals surface area (Å²) in [7, 11) is 0. The van der Waals surface area contributed by atoms with Crippen LogP contribution < -0.4 is 4.90 Å². The second kappa shape index (κ2) is 3.54. The summed E-state index contributed by atoms with van der Waals surface area (Å²) in [4.78, 5) is 14.1. The molecule has 2 heteroatoms. The van der Waals surface area contributed by atoms with E-state index in [1.165, 1.54) is 0 Å². The third-order valence-corrected chi connectivity index (χ3v) is 2.99. The van der Waals surface area contributed by atoms with Crippen molar-refractivity contribution in [3.05, 3.63) is 41.6 Å². The van der Waals surface area contributed by atoms with Crippen molar-refractivity contribution < 1.29 is 4.79 Å². The maximum absolute atomic E-state index is 12.0. The molecule has 0 N–H and O–H groups in total. The van der Waals surface area contributed by atoms with Crippen LogP contribution in [0.3, 0.4) is 0 Å². The Hall–Kier alpha value is -1.57. The van der Waals surface area contributed by atoms with Crippen molar-refractivity contribution in [1.82, 2.24) is 0 Å². The molecule has 15 heavy (non-hydrogen) atoms. The lowest BCUT2D eigenvalue weighted by molar-refractivity contribution is 0.0979. The van der Waals surface area contributed by atoms with Gasteiger partial charge in [0.05, 0.1) is 11.7 Å². The summed E-state index contributed by atoms with van der Waals surface area (Å²) in [5, 5.41) is 0. The molecular weight excluding hydrogens is 186 g/mol. The molecule has 1 unspecified atom stereocenters. The fourth-order valence-electron chi connectivity index (χ4n) is 2.08. The molecule has 0 spiro atoms. The van der Waals surface area contributed by atoms with E-state index in [0.29, 0.717) is 0 Å². The molecule has 0 bridgehead atoms. The maximum atomic E-state index is 12.0. The summed E-state index contributed by atoms with van der Waals surface area (Å²) in [5.74, 6) is 0.215. The fraction of sp³-hybridized carbons (Fsp3) is 0.308. The first kappa shape index (κ1) is 9.97. The van der Waals surface area contributed by atoms with E-state index in [9.17, 15) is 4.79 Å². The first-order valence-corrected chi connectivity index (χ1v) is 5.22. The molecule has 0 aromatic heterocycles. The highest BCUT2D eigenvalue weighted by Crippen LogP contribution is 2.34. The van der Waals surface area contributed by atoms with Gasteiger partial charge in [0.15, 0.2) is 5.78 Å². The van der Waals surface area contributed by atoms with Crippen LogP contribution in [0.25, 0.3) is 0 Å². The summed E-state index contributed by atoms with van der Waals surface area (Å²) in [5.41, 5.74) is 3.00. The van der Waals surface area contributed by atoms with Crippen LogP contribution in [0, 0.1) is 0 Å². The second-order valence-electron chi connectivity index (χ2n) is 3.86. The van der Waals surface area contributed by atoms with Crippen molar-refractivity contribution in [2.24, 2.45) is 0 Å². The Morgan fingerprint density at radius 2 is 2.07 bits per heavy atom. The zero-order valence-electron chi connectivity index (χ0n) is 9.32. The Balaban J connectivity index is 2.56. The summed E-state index contributed by atoms with van der Waals surface area (Å²) >= 11 is 0. The van der Waals surface area contributed by atoms with Gasteiger partial charge in [-0.2, -0.15) is 0 Å². The highest BCUT2D eigenvalue weighted by molar-refractivity contribution is 6.11. The Morgan fingerprint density at radius 1 is 1.40 bits per heavy atom. The Morgan fingerprint density at radius 3 is 2.73 bits per heavy atom. The molecule has 0 saturated heterocycles. The first-order chi connectivity index (χ1) is 7.16. The number of nitrogens with zero attached hydrogens (tertiary/aromatic N) is 1. The zero-order valence-corrected chi connectivity index (χ0v) is 9.32. The minimum absolute atomic E-state index is 0.0707. The lowest BCUT2D eigenvalue weighted by Gasteiger charge is -2.24. The van der Waals surface area contributed by atoms with E-state index in [4.69, 9.17) is 0 Å². The van der Waals surface area contributed by atoms with Gasteiger partial charge in [-0.1, -0.05) is 18.2 Å². The van der Waals surface area contributed by atoms with Crippen molar-refractivity contribution in [2.45, 2.75) is 26.8 Å². The molecule has 1 aliphatic rings. The van der Waals surface area contributed by atoms with Gasteiger partial charge in [0.2, 0.25) is 0 Å². The molecule has 1 heterocycles. The smallest absolute Gasteiger partial charge is 0.187 e. The molecule has 0 saturated carbocycles. The zero-order chi connectivity index (χ0) is 11.0. The summed E-state index contributed by atoms with van der Waals surface area (Å²) in [6, 6.07) is 7.72. The third kappa shape index (κ3) is 1.37. The molecule has 2 nitrogen and oxygen atoms in total. The molecule has 78 valence electrons. The number of benzene rings is 1. The van der Waals surface area contributed by atoms with Gasteiger partial charge in [0.25, 0.3) is 0 Å².